The molecule has 0 unspecified atom stereocenters. The number of hydrogen-bond acceptors (Lipinski definition) is 5. The molecule has 0 radical (unpaired) electrons. The Labute approximate surface area is 117 Å². The second-order valence-electron chi connectivity index (χ2n) is 5.15. The topological polar surface area (TPSA) is 98.3 Å². The van der Waals surface area contributed by atoms with Crippen LogP contribution in [0.4, 0.5) is 0 Å². The minimum atomic E-state index is -1.32. The van der Waals surface area contributed by atoms with E-state index in [4.69, 9.17) is 0 Å². The SMILES string of the molecule is CSCC[C@@H](NC(=O)CNC(=O)C(C)(C)C)C(=O)[O-]. The minimum Gasteiger partial charge on any atom is -0.548 e. The summed E-state index contributed by atoms with van der Waals surface area (Å²) in [6.07, 6.45) is 2.14. The Bertz CT molecular complexity index is 339. The van der Waals surface area contributed by atoms with Gasteiger partial charge in [-0.25, -0.2) is 0 Å². The van der Waals surface area contributed by atoms with Crippen LogP contribution in [0, 0.1) is 5.41 Å². The molecule has 0 saturated heterocycles. The number of carboxylic acid groups (broad SMARTS) is 1. The molecule has 0 fully saturated rings. The van der Waals surface area contributed by atoms with Crippen molar-refractivity contribution in [3.8, 4) is 0 Å². The molecule has 0 aliphatic rings. The molecule has 2 amide bonds. The number of carbonyl (C=O) groups excluding carboxylic acids is 3. The van der Waals surface area contributed by atoms with Gasteiger partial charge in [-0.3, -0.25) is 9.59 Å². The van der Waals surface area contributed by atoms with E-state index in [0.29, 0.717) is 12.2 Å². The smallest absolute Gasteiger partial charge is 0.239 e. The third-order valence-electron chi connectivity index (χ3n) is 2.32. The van der Waals surface area contributed by atoms with Gasteiger partial charge in [0.1, 0.15) is 0 Å². The van der Waals surface area contributed by atoms with Crippen molar-refractivity contribution in [3.05, 3.63) is 0 Å². The maximum atomic E-state index is 11.5. The normalized spacial score (nSPS) is 12.6. The van der Waals surface area contributed by atoms with Crippen LogP contribution in [0.25, 0.3) is 0 Å². The minimum absolute atomic E-state index is 0.237. The molecule has 0 aromatic carbocycles. The number of carbonyl (C=O) groups is 3. The summed E-state index contributed by atoms with van der Waals surface area (Å²) in [5.74, 6) is -1.51. The fourth-order valence-corrected chi connectivity index (χ4v) is 1.63. The first-order chi connectivity index (χ1) is 8.68. The highest BCUT2D eigenvalue weighted by molar-refractivity contribution is 7.98. The monoisotopic (exact) mass is 289 g/mol. The molecule has 0 aromatic rings. The van der Waals surface area contributed by atoms with E-state index in [0.717, 1.165) is 0 Å². The van der Waals surface area contributed by atoms with Gasteiger partial charge >= 0.3 is 0 Å². The van der Waals surface area contributed by atoms with E-state index in [1.165, 1.54) is 11.8 Å². The average Bonchev–Trinajstić information content (AvgIpc) is 2.29. The Morgan fingerprint density at radius 3 is 2.26 bits per heavy atom. The third kappa shape index (κ3) is 7.71. The largest absolute Gasteiger partial charge is 0.548 e. The van der Waals surface area contributed by atoms with Gasteiger partial charge in [0, 0.05) is 5.41 Å². The van der Waals surface area contributed by atoms with Gasteiger partial charge in [-0.15, -0.1) is 0 Å². The van der Waals surface area contributed by atoms with Crippen molar-refractivity contribution in [2.24, 2.45) is 5.41 Å². The van der Waals surface area contributed by atoms with Crippen LogP contribution in [0.5, 0.6) is 0 Å². The molecule has 0 rings (SSSR count). The van der Waals surface area contributed by atoms with Gasteiger partial charge in [-0.1, -0.05) is 20.8 Å². The highest BCUT2D eigenvalue weighted by Gasteiger charge is 2.22. The molecule has 0 aromatic heterocycles. The van der Waals surface area contributed by atoms with Crippen LogP contribution < -0.4 is 15.7 Å². The molecule has 0 aliphatic carbocycles. The predicted molar refractivity (Wildman–Crippen MR) is 72.4 cm³/mol. The molecule has 2 N–H and O–H groups in total. The van der Waals surface area contributed by atoms with Crippen molar-refractivity contribution < 1.29 is 19.5 Å². The van der Waals surface area contributed by atoms with Crippen molar-refractivity contribution >= 4 is 29.5 Å². The fraction of sp³-hybridized carbons (Fsp3) is 0.750. The number of thioether (sulfide) groups is 1. The molecule has 7 heteroatoms. The second-order valence-corrected chi connectivity index (χ2v) is 6.14. The first kappa shape index (κ1) is 17.8. The molecular formula is C12H21N2O4S-. The summed E-state index contributed by atoms with van der Waals surface area (Å²) in [7, 11) is 0. The summed E-state index contributed by atoms with van der Waals surface area (Å²) in [6.45, 7) is 4.94. The van der Waals surface area contributed by atoms with Crippen LogP contribution in [-0.2, 0) is 14.4 Å². The lowest BCUT2D eigenvalue weighted by Crippen LogP contribution is -2.51. The maximum Gasteiger partial charge on any atom is 0.239 e. The van der Waals surface area contributed by atoms with E-state index in [9.17, 15) is 19.5 Å². The van der Waals surface area contributed by atoms with Crippen LogP contribution in [0.1, 0.15) is 27.2 Å². The van der Waals surface area contributed by atoms with Gasteiger partial charge in [0.25, 0.3) is 0 Å². The van der Waals surface area contributed by atoms with Crippen molar-refractivity contribution in [2.75, 3.05) is 18.6 Å². The Hall–Kier alpha value is -1.24. The van der Waals surface area contributed by atoms with Gasteiger partial charge < -0.3 is 20.5 Å². The van der Waals surface area contributed by atoms with E-state index in [1.54, 1.807) is 20.8 Å². The number of carboxylic acids is 1. The fourth-order valence-electron chi connectivity index (χ4n) is 1.16. The molecule has 0 spiro atoms. The van der Waals surface area contributed by atoms with Gasteiger partial charge in [-0.05, 0) is 18.4 Å². The lowest BCUT2D eigenvalue weighted by Gasteiger charge is -2.21. The Balaban J connectivity index is 4.21. The molecule has 0 heterocycles. The lowest BCUT2D eigenvalue weighted by atomic mass is 9.96. The van der Waals surface area contributed by atoms with Gasteiger partial charge in [-0.2, -0.15) is 11.8 Å². The highest BCUT2D eigenvalue weighted by Crippen LogP contribution is 2.11. The summed E-state index contributed by atoms with van der Waals surface area (Å²) < 4.78 is 0. The molecule has 110 valence electrons. The average molecular weight is 289 g/mol. The van der Waals surface area contributed by atoms with E-state index in [2.05, 4.69) is 10.6 Å². The Morgan fingerprint density at radius 2 is 1.84 bits per heavy atom. The van der Waals surface area contributed by atoms with Crippen molar-refractivity contribution in [3.63, 3.8) is 0 Å². The second kappa shape index (κ2) is 8.04. The predicted octanol–water partition coefficient (Wildman–Crippen LogP) is -0.863. The summed E-state index contributed by atoms with van der Waals surface area (Å²) in [6, 6.07) is -1.02. The van der Waals surface area contributed by atoms with Crippen LogP contribution in [-0.4, -0.2) is 42.4 Å². The number of rotatable bonds is 7. The molecule has 19 heavy (non-hydrogen) atoms. The van der Waals surface area contributed by atoms with E-state index >= 15 is 0 Å². The van der Waals surface area contributed by atoms with Gasteiger partial charge in [0.05, 0.1) is 18.6 Å². The summed E-state index contributed by atoms with van der Waals surface area (Å²) in [4.78, 5) is 33.9. The summed E-state index contributed by atoms with van der Waals surface area (Å²) in [5, 5.41) is 15.6. The molecule has 0 aliphatic heterocycles. The number of hydrogen-bond donors (Lipinski definition) is 2. The number of aliphatic carboxylic acids is 1. The van der Waals surface area contributed by atoms with Crippen LogP contribution in [0.2, 0.25) is 0 Å². The quantitative estimate of drug-likeness (QED) is 0.635. The lowest BCUT2D eigenvalue weighted by molar-refractivity contribution is -0.308. The molecule has 1 atom stereocenters. The van der Waals surface area contributed by atoms with Crippen LogP contribution in [0.15, 0.2) is 0 Å². The van der Waals surface area contributed by atoms with Crippen molar-refractivity contribution in [1.82, 2.24) is 10.6 Å². The van der Waals surface area contributed by atoms with Crippen molar-refractivity contribution in [1.29, 1.82) is 0 Å². The summed E-state index contributed by atoms with van der Waals surface area (Å²) in [5.41, 5.74) is -0.590. The zero-order valence-electron chi connectivity index (χ0n) is 11.7. The zero-order valence-corrected chi connectivity index (χ0v) is 12.6. The molecule has 0 bridgehead atoms. The zero-order chi connectivity index (χ0) is 15.1. The molecular weight excluding hydrogens is 268 g/mol. The standard InChI is InChI=1S/C12H22N2O4S/c1-12(2,3)11(18)13-7-9(15)14-8(10(16)17)5-6-19-4/h8H,5-7H2,1-4H3,(H,13,18)(H,14,15)(H,16,17)/p-1/t8-/m1/s1. The van der Waals surface area contributed by atoms with Gasteiger partial charge in [0.15, 0.2) is 0 Å². The Kier molecular flexibility index (Phi) is 7.51. The van der Waals surface area contributed by atoms with E-state index in [-0.39, 0.29) is 12.5 Å². The van der Waals surface area contributed by atoms with E-state index < -0.39 is 23.3 Å². The summed E-state index contributed by atoms with van der Waals surface area (Å²) >= 11 is 1.48. The number of nitrogens with one attached hydrogen (secondary N) is 2. The maximum absolute atomic E-state index is 11.5. The number of amides is 2. The highest BCUT2D eigenvalue weighted by atomic mass is 32.2. The van der Waals surface area contributed by atoms with Crippen LogP contribution in [0.3, 0.4) is 0 Å². The first-order valence-electron chi connectivity index (χ1n) is 5.96. The first-order valence-corrected chi connectivity index (χ1v) is 7.35. The Morgan fingerprint density at radius 1 is 1.26 bits per heavy atom. The molecule has 0 saturated carbocycles. The van der Waals surface area contributed by atoms with Gasteiger partial charge in [0.2, 0.25) is 11.8 Å². The van der Waals surface area contributed by atoms with Crippen molar-refractivity contribution in [2.45, 2.75) is 33.2 Å². The van der Waals surface area contributed by atoms with E-state index in [1.807, 2.05) is 6.26 Å². The molecule has 6 nitrogen and oxygen atoms in total. The van der Waals surface area contributed by atoms with Crippen LogP contribution >= 0.6 is 11.8 Å². The third-order valence-corrected chi connectivity index (χ3v) is 2.97.